The van der Waals surface area contributed by atoms with Crippen molar-refractivity contribution >= 4 is 17.8 Å². The molecule has 2 N–H and O–H groups in total. The second-order valence-electron chi connectivity index (χ2n) is 5.01. The molecule has 1 aromatic rings. The summed E-state index contributed by atoms with van der Waals surface area (Å²) < 4.78 is 4.54. The Morgan fingerprint density at radius 2 is 2.00 bits per heavy atom. The Balaban J connectivity index is 2.39. The van der Waals surface area contributed by atoms with E-state index in [4.69, 9.17) is 5.11 Å². The van der Waals surface area contributed by atoms with Crippen LogP contribution in [0.4, 0.5) is 5.82 Å². The zero-order chi connectivity index (χ0) is 15.8. The Morgan fingerprint density at radius 3 is 2.52 bits per heavy atom. The van der Waals surface area contributed by atoms with Gasteiger partial charge in [-0.2, -0.15) is 0 Å². The van der Waals surface area contributed by atoms with E-state index in [1.54, 1.807) is 19.1 Å². The van der Waals surface area contributed by atoms with Gasteiger partial charge in [-0.05, 0) is 31.9 Å². The number of carboxylic acids is 1. The number of hydrogen-bond acceptors (Lipinski definition) is 6. The first-order chi connectivity index (χ1) is 9.93. The molecule has 0 bridgehead atoms. The van der Waals surface area contributed by atoms with Gasteiger partial charge in [-0.15, -0.1) is 10.2 Å². The van der Waals surface area contributed by atoms with E-state index in [1.165, 1.54) is 7.11 Å². The van der Waals surface area contributed by atoms with Gasteiger partial charge in [0.05, 0.1) is 13.0 Å². The van der Waals surface area contributed by atoms with Crippen LogP contribution in [-0.2, 0) is 9.53 Å². The van der Waals surface area contributed by atoms with Gasteiger partial charge in [-0.1, -0.05) is 13.3 Å². The zero-order valence-electron chi connectivity index (χ0n) is 12.5. The van der Waals surface area contributed by atoms with Crippen molar-refractivity contribution in [3.05, 3.63) is 17.8 Å². The number of carbonyl (C=O) groups excluding carboxylic acids is 1. The molecule has 1 rings (SSSR count). The summed E-state index contributed by atoms with van der Waals surface area (Å²) in [6.07, 6.45) is 2.29. The van der Waals surface area contributed by atoms with Gasteiger partial charge in [0.2, 0.25) is 0 Å². The van der Waals surface area contributed by atoms with Crippen LogP contribution in [0.2, 0.25) is 0 Å². The third-order valence-electron chi connectivity index (χ3n) is 3.15. The number of ether oxygens (including phenoxy) is 1. The van der Waals surface area contributed by atoms with Gasteiger partial charge >= 0.3 is 11.9 Å². The minimum absolute atomic E-state index is 0.143. The second-order valence-corrected chi connectivity index (χ2v) is 5.01. The first-order valence-electron chi connectivity index (χ1n) is 6.85. The average Bonchev–Trinajstić information content (AvgIpc) is 2.46. The van der Waals surface area contributed by atoms with Crippen LogP contribution in [0.1, 0.15) is 43.6 Å². The lowest BCUT2D eigenvalue weighted by atomic mass is 10.0. The number of aliphatic carboxylic acids is 1. The summed E-state index contributed by atoms with van der Waals surface area (Å²) in [5, 5.41) is 19.6. The lowest BCUT2D eigenvalue weighted by Gasteiger charge is -2.14. The monoisotopic (exact) mass is 295 g/mol. The standard InChI is InChI=1S/C14H21N3O4/c1-9(13(18)19)5-4-6-10(2)15-12-8-7-11(16-17-12)14(20)21-3/h7-10H,4-6H2,1-3H3,(H,15,17)(H,18,19). The molecule has 0 spiro atoms. The van der Waals surface area contributed by atoms with Crippen LogP contribution in [0.3, 0.4) is 0 Å². The highest BCUT2D eigenvalue weighted by Crippen LogP contribution is 2.12. The fourth-order valence-corrected chi connectivity index (χ4v) is 1.80. The molecule has 0 saturated carbocycles. The molecule has 0 aromatic carbocycles. The molecule has 0 aliphatic carbocycles. The Morgan fingerprint density at radius 1 is 1.29 bits per heavy atom. The maximum absolute atomic E-state index is 11.2. The fraction of sp³-hybridized carbons (Fsp3) is 0.571. The number of aromatic nitrogens is 2. The SMILES string of the molecule is COC(=O)c1ccc(NC(C)CCCC(C)C(=O)O)nn1. The van der Waals surface area contributed by atoms with Gasteiger partial charge in [0.25, 0.3) is 0 Å². The van der Waals surface area contributed by atoms with E-state index in [-0.39, 0.29) is 17.7 Å². The van der Waals surface area contributed by atoms with Crippen molar-refractivity contribution in [2.75, 3.05) is 12.4 Å². The number of carbonyl (C=O) groups is 2. The van der Waals surface area contributed by atoms with Gasteiger partial charge in [0.1, 0.15) is 5.82 Å². The van der Waals surface area contributed by atoms with Crippen LogP contribution >= 0.6 is 0 Å². The summed E-state index contributed by atoms with van der Waals surface area (Å²) in [4.78, 5) is 21.9. The van der Waals surface area contributed by atoms with Crippen molar-refractivity contribution in [3.63, 3.8) is 0 Å². The topological polar surface area (TPSA) is 101 Å². The van der Waals surface area contributed by atoms with Crippen molar-refractivity contribution in [1.29, 1.82) is 0 Å². The largest absolute Gasteiger partial charge is 0.481 e. The Hall–Kier alpha value is -2.18. The van der Waals surface area contributed by atoms with Gasteiger partial charge in [-0.25, -0.2) is 4.79 Å². The van der Waals surface area contributed by atoms with Gasteiger partial charge in [0, 0.05) is 6.04 Å². The molecule has 1 heterocycles. The lowest BCUT2D eigenvalue weighted by molar-refractivity contribution is -0.141. The summed E-state index contributed by atoms with van der Waals surface area (Å²) in [6, 6.07) is 3.35. The van der Waals surface area contributed by atoms with E-state index in [9.17, 15) is 9.59 Å². The summed E-state index contributed by atoms with van der Waals surface area (Å²) in [7, 11) is 1.29. The molecule has 0 fully saturated rings. The summed E-state index contributed by atoms with van der Waals surface area (Å²) in [5.74, 6) is -1.04. The third kappa shape index (κ3) is 5.76. The smallest absolute Gasteiger partial charge is 0.358 e. The van der Waals surface area contributed by atoms with Crippen molar-refractivity contribution in [2.24, 2.45) is 5.92 Å². The van der Waals surface area contributed by atoms with Gasteiger partial charge in [0.15, 0.2) is 5.69 Å². The molecule has 2 atom stereocenters. The molecule has 21 heavy (non-hydrogen) atoms. The van der Waals surface area contributed by atoms with Crippen LogP contribution in [-0.4, -0.2) is 40.4 Å². The molecule has 0 aliphatic rings. The molecule has 2 unspecified atom stereocenters. The third-order valence-corrected chi connectivity index (χ3v) is 3.15. The minimum atomic E-state index is -0.764. The molecular weight excluding hydrogens is 274 g/mol. The van der Waals surface area contributed by atoms with Crippen molar-refractivity contribution in [3.8, 4) is 0 Å². The van der Waals surface area contributed by atoms with Crippen LogP contribution < -0.4 is 5.32 Å². The highest BCUT2D eigenvalue weighted by atomic mass is 16.5. The van der Waals surface area contributed by atoms with E-state index in [2.05, 4.69) is 20.3 Å². The van der Waals surface area contributed by atoms with E-state index >= 15 is 0 Å². The maximum Gasteiger partial charge on any atom is 0.358 e. The summed E-state index contributed by atoms with van der Waals surface area (Å²) in [6.45, 7) is 3.69. The normalized spacial score (nSPS) is 13.3. The van der Waals surface area contributed by atoms with E-state index < -0.39 is 11.9 Å². The van der Waals surface area contributed by atoms with Crippen molar-refractivity contribution in [2.45, 2.75) is 39.2 Å². The molecule has 0 radical (unpaired) electrons. The minimum Gasteiger partial charge on any atom is -0.481 e. The van der Waals surface area contributed by atoms with Crippen LogP contribution in [0.5, 0.6) is 0 Å². The number of anilines is 1. The average molecular weight is 295 g/mol. The van der Waals surface area contributed by atoms with Crippen molar-refractivity contribution in [1.82, 2.24) is 10.2 Å². The van der Waals surface area contributed by atoms with E-state index in [0.717, 1.165) is 12.8 Å². The molecule has 0 aliphatic heterocycles. The van der Waals surface area contributed by atoms with Gasteiger partial charge in [-0.3, -0.25) is 4.79 Å². The molecular formula is C14H21N3O4. The number of nitrogens with one attached hydrogen (secondary N) is 1. The number of methoxy groups -OCH3 is 1. The zero-order valence-corrected chi connectivity index (χ0v) is 12.5. The first-order valence-corrected chi connectivity index (χ1v) is 6.85. The number of carboxylic acid groups (broad SMARTS) is 1. The number of nitrogens with zero attached hydrogens (tertiary/aromatic N) is 2. The molecule has 7 heteroatoms. The summed E-state index contributed by atoms with van der Waals surface area (Å²) in [5.41, 5.74) is 0.158. The van der Waals surface area contributed by atoms with Crippen molar-refractivity contribution < 1.29 is 19.4 Å². The van der Waals surface area contributed by atoms with Crippen LogP contribution in [0.25, 0.3) is 0 Å². The molecule has 0 saturated heterocycles. The van der Waals surface area contributed by atoms with E-state index in [1.807, 2.05) is 6.92 Å². The number of esters is 1. The Kier molecular flexibility index (Phi) is 6.58. The Bertz CT molecular complexity index is 476. The van der Waals surface area contributed by atoms with E-state index in [0.29, 0.717) is 12.2 Å². The second kappa shape index (κ2) is 8.18. The molecule has 0 amide bonds. The highest BCUT2D eigenvalue weighted by molar-refractivity contribution is 5.86. The highest BCUT2D eigenvalue weighted by Gasteiger charge is 2.12. The quantitative estimate of drug-likeness (QED) is 0.707. The molecule has 116 valence electrons. The number of hydrogen-bond donors (Lipinski definition) is 2. The summed E-state index contributed by atoms with van der Waals surface area (Å²) >= 11 is 0. The predicted molar refractivity (Wildman–Crippen MR) is 77.1 cm³/mol. The van der Waals surface area contributed by atoms with Crippen LogP contribution in [0.15, 0.2) is 12.1 Å². The lowest BCUT2D eigenvalue weighted by Crippen LogP contribution is -2.18. The first kappa shape index (κ1) is 16.9. The van der Waals surface area contributed by atoms with Gasteiger partial charge < -0.3 is 15.2 Å². The molecule has 7 nitrogen and oxygen atoms in total. The predicted octanol–water partition coefficient (Wildman–Crippen LogP) is 1.95. The molecule has 1 aromatic heterocycles. The van der Waals surface area contributed by atoms with Crippen LogP contribution in [0, 0.1) is 5.92 Å². The maximum atomic E-state index is 11.2. The number of rotatable bonds is 8. The fourth-order valence-electron chi connectivity index (χ4n) is 1.80. The Labute approximate surface area is 123 Å².